The molecule has 0 aromatic heterocycles. The van der Waals surface area contributed by atoms with Crippen molar-refractivity contribution < 1.29 is 22.7 Å². The zero-order valence-corrected chi connectivity index (χ0v) is 15.0. The van der Waals surface area contributed by atoms with Gasteiger partial charge >= 0.3 is 5.97 Å². The molecular weight excluding hydrogens is 330 g/mol. The second-order valence-corrected chi connectivity index (χ2v) is 8.25. The van der Waals surface area contributed by atoms with Crippen molar-refractivity contribution in [2.24, 2.45) is 0 Å². The molecule has 6 nitrogen and oxygen atoms in total. The number of hydrogen-bond donors (Lipinski definition) is 0. The minimum atomic E-state index is -3.68. The molecule has 0 heterocycles. The van der Waals surface area contributed by atoms with Gasteiger partial charge in [-0.2, -0.15) is 4.31 Å². The Morgan fingerprint density at radius 1 is 1.29 bits per heavy atom. The Kier molecular flexibility index (Phi) is 5.77. The molecule has 2 rings (SSSR count). The molecule has 1 aliphatic carbocycles. The van der Waals surface area contributed by atoms with E-state index in [0.717, 1.165) is 12.8 Å². The average Bonchev–Trinajstić information content (AvgIpc) is 2.56. The Balaban J connectivity index is 2.21. The van der Waals surface area contributed by atoms with E-state index in [1.165, 1.54) is 35.6 Å². The van der Waals surface area contributed by atoms with Gasteiger partial charge in [0.2, 0.25) is 10.0 Å². The van der Waals surface area contributed by atoms with Gasteiger partial charge in [0.05, 0.1) is 10.5 Å². The van der Waals surface area contributed by atoms with Crippen LogP contribution in [0.5, 0.6) is 0 Å². The van der Waals surface area contributed by atoms with E-state index in [0.29, 0.717) is 12.8 Å². The van der Waals surface area contributed by atoms with Gasteiger partial charge in [-0.3, -0.25) is 4.79 Å². The molecule has 1 aliphatic rings. The largest absolute Gasteiger partial charge is 0.451 e. The third kappa shape index (κ3) is 4.02. The van der Waals surface area contributed by atoms with E-state index < -0.39 is 22.1 Å². The van der Waals surface area contributed by atoms with Crippen LogP contribution in [0.25, 0.3) is 0 Å². The van der Waals surface area contributed by atoms with E-state index in [2.05, 4.69) is 0 Å². The third-order valence-electron chi connectivity index (χ3n) is 4.22. The molecule has 7 heteroatoms. The number of carbonyl (C=O) groups excluding carboxylic acids is 2. The van der Waals surface area contributed by atoms with E-state index in [9.17, 15) is 18.0 Å². The summed E-state index contributed by atoms with van der Waals surface area (Å²) in [7, 11) is -2.19. The molecule has 132 valence electrons. The summed E-state index contributed by atoms with van der Waals surface area (Å²) in [5.41, 5.74) is 0.131. The van der Waals surface area contributed by atoms with Crippen molar-refractivity contribution in [3.63, 3.8) is 0 Å². The summed E-state index contributed by atoms with van der Waals surface area (Å²) >= 11 is 0. The molecule has 0 unspecified atom stereocenters. The lowest BCUT2D eigenvalue weighted by molar-refractivity contribution is -0.129. The lowest BCUT2D eigenvalue weighted by Crippen LogP contribution is -2.33. The van der Waals surface area contributed by atoms with E-state index in [1.807, 2.05) is 0 Å². The Bertz CT molecular complexity index is 726. The van der Waals surface area contributed by atoms with Gasteiger partial charge in [0.25, 0.3) is 0 Å². The second-order valence-electron chi connectivity index (χ2n) is 6.25. The topological polar surface area (TPSA) is 80.8 Å². The Morgan fingerprint density at radius 3 is 2.62 bits per heavy atom. The number of ketones is 1. The second kappa shape index (κ2) is 7.44. The van der Waals surface area contributed by atoms with Gasteiger partial charge in [0, 0.05) is 19.5 Å². The number of nitrogens with zero attached hydrogens (tertiary/aromatic N) is 1. The minimum absolute atomic E-state index is 0.0307. The number of carbonyl (C=O) groups is 2. The van der Waals surface area contributed by atoms with Crippen molar-refractivity contribution in [1.29, 1.82) is 0 Å². The molecule has 1 fully saturated rings. The number of sulfonamides is 1. The number of ether oxygens (including phenoxy) is 1. The first kappa shape index (κ1) is 18.6. The van der Waals surface area contributed by atoms with Crippen molar-refractivity contribution in [1.82, 2.24) is 4.31 Å². The predicted octanol–water partition coefficient (Wildman–Crippen LogP) is 2.38. The first-order valence-corrected chi connectivity index (χ1v) is 9.49. The van der Waals surface area contributed by atoms with Gasteiger partial charge in [0.15, 0.2) is 11.9 Å². The monoisotopic (exact) mass is 353 g/mol. The van der Waals surface area contributed by atoms with Crippen LogP contribution in [0.3, 0.4) is 0 Å². The van der Waals surface area contributed by atoms with Crippen LogP contribution in [0.2, 0.25) is 0 Å². The zero-order valence-electron chi connectivity index (χ0n) is 14.2. The highest BCUT2D eigenvalue weighted by Crippen LogP contribution is 2.21. The number of Topliss-reactive ketones (excluding diaryl/α,β-unsaturated/α-hetero) is 1. The van der Waals surface area contributed by atoms with Gasteiger partial charge in [0.1, 0.15) is 0 Å². The Hall–Kier alpha value is -1.73. The molecule has 0 amide bonds. The average molecular weight is 353 g/mol. The molecule has 0 spiro atoms. The molecule has 0 radical (unpaired) electrons. The van der Waals surface area contributed by atoms with Crippen molar-refractivity contribution in [2.45, 2.75) is 56.6 Å². The molecule has 1 atom stereocenters. The number of hydrogen-bond acceptors (Lipinski definition) is 5. The number of esters is 1. The molecule has 1 aromatic rings. The van der Waals surface area contributed by atoms with Gasteiger partial charge in [-0.15, -0.1) is 0 Å². The smallest absolute Gasteiger partial charge is 0.338 e. The summed E-state index contributed by atoms with van der Waals surface area (Å²) in [6.45, 7) is 3.54. The van der Waals surface area contributed by atoms with E-state index in [-0.39, 0.29) is 22.3 Å². The Morgan fingerprint density at radius 2 is 2.00 bits per heavy atom. The predicted molar refractivity (Wildman–Crippen MR) is 89.2 cm³/mol. The maximum atomic E-state index is 12.5. The molecule has 0 N–H and O–H groups in total. The summed E-state index contributed by atoms with van der Waals surface area (Å²) in [5.74, 6) is -0.739. The standard InChI is InChI=1S/C17H23NO5S/c1-12(2)18(3)24(21,22)14-8-6-7-13(11-14)17(20)23-16-10-5-4-9-15(16)19/h6-8,11-12,16H,4-5,9-10H2,1-3H3/t16-/m0/s1. The molecule has 1 saturated carbocycles. The van der Waals surface area contributed by atoms with Gasteiger partial charge < -0.3 is 4.74 Å². The van der Waals surface area contributed by atoms with Crippen LogP contribution < -0.4 is 0 Å². The molecule has 0 bridgehead atoms. The maximum absolute atomic E-state index is 12.5. The quantitative estimate of drug-likeness (QED) is 0.759. The van der Waals surface area contributed by atoms with Gasteiger partial charge in [-0.05, 0) is 51.3 Å². The fourth-order valence-electron chi connectivity index (χ4n) is 2.50. The molecule has 1 aromatic carbocycles. The normalized spacial score (nSPS) is 18.9. The zero-order chi connectivity index (χ0) is 17.9. The summed E-state index contributed by atoms with van der Waals surface area (Å²) in [6, 6.07) is 5.52. The van der Waals surface area contributed by atoms with Crippen LogP contribution in [0.15, 0.2) is 29.2 Å². The van der Waals surface area contributed by atoms with Crippen molar-refractivity contribution in [3.8, 4) is 0 Å². The van der Waals surface area contributed by atoms with Gasteiger partial charge in [-0.25, -0.2) is 13.2 Å². The molecule has 24 heavy (non-hydrogen) atoms. The lowest BCUT2D eigenvalue weighted by atomic mass is 9.96. The number of benzene rings is 1. The highest BCUT2D eigenvalue weighted by Gasteiger charge is 2.28. The molecular formula is C17H23NO5S. The van der Waals surface area contributed by atoms with Crippen LogP contribution in [0.4, 0.5) is 0 Å². The van der Waals surface area contributed by atoms with Crippen molar-refractivity contribution in [3.05, 3.63) is 29.8 Å². The van der Waals surface area contributed by atoms with E-state index >= 15 is 0 Å². The van der Waals surface area contributed by atoms with Crippen molar-refractivity contribution in [2.75, 3.05) is 7.05 Å². The molecule has 0 aliphatic heterocycles. The first-order valence-electron chi connectivity index (χ1n) is 8.05. The summed E-state index contributed by atoms with van der Waals surface area (Å²) in [6.07, 6.45) is 1.90. The summed E-state index contributed by atoms with van der Waals surface area (Å²) in [4.78, 5) is 24.1. The fraction of sp³-hybridized carbons (Fsp3) is 0.529. The maximum Gasteiger partial charge on any atom is 0.338 e. The first-order chi connectivity index (χ1) is 11.2. The molecule has 0 saturated heterocycles. The summed E-state index contributed by atoms with van der Waals surface area (Å²) < 4.78 is 31.5. The Labute approximate surface area is 142 Å². The lowest BCUT2D eigenvalue weighted by Gasteiger charge is -2.22. The van der Waals surface area contributed by atoms with Gasteiger partial charge in [-0.1, -0.05) is 6.07 Å². The minimum Gasteiger partial charge on any atom is -0.451 e. The highest BCUT2D eigenvalue weighted by molar-refractivity contribution is 7.89. The van der Waals surface area contributed by atoms with Crippen LogP contribution in [0, 0.1) is 0 Å². The van der Waals surface area contributed by atoms with Crippen LogP contribution in [0.1, 0.15) is 49.9 Å². The van der Waals surface area contributed by atoms with E-state index in [4.69, 9.17) is 4.74 Å². The third-order valence-corrected chi connectivity index (χ3v) is 6.25. The van der Waals surface area contributed by atoms with Crippen LogP contribution in [-0.2, 0) is 19.6 Å². The number of rotatable bonds is 5. The summed E-state index contributed by atoms with van der Waals surface area (Å²) in [5, 5.41) is 0. The van der Waals surface area contributed by atoms with E-state index in [1.54, 1.807) is 13.8 Å². The SMILES string of the molecule is CC(C)N(C)S(=O)(=O)c1cccc(C(=O)O[C@H]2CCCCC2=O)c1. The highest BCUT2D eigenvalue weighted by atomic mass is 32.2. The fourth-order valence-corrected chi connectivity index (χ4v) is 3.91. The van der Waals surface area contributed by atoms with Crippen LogP contribution in [-0.4, -0.2) is 43.7 Å². The van der Waals surface area contributed by atoms with Crippen molar-refractivity contribution >= 4 is 21.8 Å². The van der Waals surface area contributed by atoms with Crippen LogP contribution >= 0.6 is 0 Å².